The van der Waals surface area contributed by atoms with Gasteiger partial charge in [-0.2, -0.15) is 23.1 Å². The van der Waals surface area contributed by atoms with Crippen molar-refractivity contribution in [3.63, 3.8) is 0 Å². The summed E-state index contributed by atoms with van der Waals surface area (Å²) in [5, 5.41) is -0.215. The molecule has 0 N–H and O–H groups in total. The third-order valence-electron chi connectivity index (χ3n) is 7.46. The number of benzene rings is 1. The minimum atomic E-state index is -4.86. The van der Waals surface area contributed by atoms with Crippen molar-refractivity contribution in [1.29, 1.82) is 0 Å². The summed E-state index contributed by atoms with van der Waals surface area (Å²) in [6, 6.07) is -0.0729. The largest absolute Gasteiger partial charge is 0.461 e. The number of hydrogen-bond acceptors (Lipinski definition) is 7. The minimum absolute atomic E-state index is 0.0450. The smallest absolute Gasteiger partial charge is 0.417 e. The average molecular weight is 599 g/mol. The predicted molar refractivity (Wildman–Crippen MR) is 126 cm³/mol. The van der Waals surface area contributed by atoms with Gasteiger partial charge in [-0.15, -0.1) is 0 Å². The Labute approximate surface area is 213 Å². The van der Waals surface area contributed by atoms with Gasteiger partial charge in [-0.05, 0) is 47.8 Å². The Bertz CT molecular complexity index is 1310. The number of hydrogen-bond donors (Lipinski definition) is 0. The highest BCUT2D eigenvalue weighted by Crippen LogP contribution is 2.43. The van der Waals surface area contributed by atoms with E-state index in [-0.39, 0.29) is 48.2 Å². The Morgan fingerprint density at radius 3 is 2.75 bits per heavy atom. The van der Waals surface area contributed by atoms with Crippen molar-refractivity contribution in [3.05, 3.63) is 21.9 Å². The highest BCUT2D eigenvalue weighted by Gasteiger charge is 2.49. The van der Waals surface area contributed by atoms with E-state index in [0.29, 0.717) is 13.0 Å². The second-order valence-corrected chi connectivity index (χ2v) is 12.8. The van der Waals surface area contributed by atoms with E-state index in [1.807, 2.05) is 4.90 Å². The quantitative estimate of drug-likeness (QED) is 0.479. The number of alkyl halides is 4. The lowest BCUT2D eigenvalue weighted by atomic mass is 9.95. The van der Waals surface area contributed by atoms with E-state index >= 15 is 4.39 Å². The first kappa shape index (κ1) is 25.8. The molecule has 5 rings (SSSR count). The first-order valence-electron chi connectivity index (χ1n) is 11.5. The van der Waals surface area contributed by atoms with Crippen LogP contribution in [-0.2, 0) is 16.0 Å². The van der Waals surface area contributed by atoms with Gasteiger partial charge in [0, 0.05) is 31.4 Å². The molecule has 0 radical (unpaired) electrons. The first-order valence-corrected chi connectivity index (χ1v) is 14.1. The molecule has 3 aliphatic heterocycles. The molecule has 198 valence electrons. The van der Waals surface area contributed by atoms with Gasteiger partial charge in [-0.1, -0.05) is 0 Å². The maximum absolute atomic E-state index is 15.3. The van der Waals surface area contributed by atoms with E-state index in [1.165, 1.54) is 11.9 Å². The van der Waals surface area contributed by atoms with Crippen molar-refractivity contribution in [1.82, 2.24) is 14.9 Å². The van der Waals surface area contributed by atoms with Gasteiger partial charge >= 0.3 is 12.2 Å². The molecule has 3 saturated heterocycles. The summed E-state index contributed by atoms with van der Waals surface area (Å²) < 4.78 is 99.4. The molecule has 0 spiro atoms. The molecule has 0 bridgehead atoms. The summed E-state index contributed by atoms with van der Waals surface area (Å²) >= 11 is 2.70. The summed E-state index contributed by atoms with van der Waals surface area (Å²) in [5.74, 6) is -1.56. The van der Waals surface area contributed by atoms with Crippen molar-refractivity contribution in [3.8, 4) is 6.01 Å². The van der Waals surface area contributed by atoms with Crippen LogP contribution in [0.2, 0.25) is 0 Å². The van der Waals surface area contributed by atoms with Crippen LogP contribution in [0.15, 0.2) is 10.5 Å². The molecule has 7 nitrogen and oxygen atoms in total. The van der Waals surface area contributed by atoms with Crippen LogP contribution in [0.3, 0.4) is 0 Å². The zero-order valence-corrected chi connectivity index (χ0v) is 21.7. The van der Waals surface area contributed by atoms with Crippen molar-refractivity contribution in [2.24, 2.45) is 0 Å². The summed E-state index contributed by atoms with van der Waals surface area (Å²) in [5.41, 5.74) is -2.17. The van der Waals surface area contributed by atoms with E-state index < -0.39 is 55.1 Å². The molecule has 1 aromatic carbocycles. The van der Waals surface area contributed by atoms with Crippen LogP contribution in [0.5, 0.6) is 6.01 Å². The molecule has 3 atom stereocenters. The fourth-order valence-electron chi connectivity index (χ4n) is 5.61. The zero-order valence-electron chi connectivity index (χ0n) is 19.3. The normalized spacial score (nSPS) is 28.1. The lowest BCUT2D eigenvalue weighted by Gasteiger charge is -2.31. The van der Waals surface area contributed by atoms with Gasteiger partial charge < -0.3 is 9.64 Å². The number of fused-ring (bicyclic) bond motifs is 2. The first-order chi connectivity index (χ1) is 16.8. The van der Waals surface area contributed by atoms with Crippen molar-refractivity contribution < 1.29 is 35.1 Å². The van der Waals surface area contributed by atoms with E-state index in [9.17, 15) is 26.0 Å². The molecule has 0 unspecified atom stereocenters. The Morgan fingerprint density at radius 2 is 2.08 bits per heavy atom. The lowest BCUT2D eigenvalue weighted by Crippen LogP contribution is -2.43. The molecule has 0 aliphatic carbocycles. The lowest BCUT2D eigenvalue weighted by molar-refractivity contribution is -0.138. The third-order valence-corrected chi connectivity index (χ3v) is 9.98. The van der Waals surface area contributed by atoms with Crippen LogP contribution >= 0.6 is 15.9 Å². The number of ether oxygens (including phenoxy) is 1. The Hall–Kier alpha value is -1.80. The van der Waals surface area contributed by atoms with E-state index in [0.717, 1.165) is 19.0 Å². The number of aromatic nitrogens is 2. The van der Waals surface area contributed by atoms with Gasteiger partial charge in [0.1, 0.15) is 24.1 Å². The molecular formula is C22H24BrF5N4O3S. The van der Waals surface area contributed by atoms with E-state index in [2.05, 4.69) is 25.9 Å². The average Bonchev–Trinajstić information content (AvgIpc) is 3.44. The van der Waals surface area contributed by atoms with Crippen LogP contribution in [-0.4, -0.2) is 79.3 Å². The molecule has 1 aromatic heterocycles. The molecule has 0 amide bonds. The van der Waals surface area contributed by atoms with Gasteiger partial charge in [0.05, 0.1) is 27.1 Å². The SMILES string of the molecule is CN(c1nc(OC[C@@]23CCCN2C[C@H](F)C3)nc2c(F)c(Br)c(C(F)(F)F)cc12)[C@H]1CCS(=O)(=O)C1. The highest BCUT2D eigenvalue weighted by atomic mass is 79.9. The topological polar surface area (TPSA) is 75.6 Å². The molecule has 2 aromatic rings. The zero-order chi connectivity index (χ0) is 26.0. The van der Waals surface area contributed by atoms with E-state index in [1.54, 1.807) is 0 Å². The van der Waals surface area contributed by atoms with Crippen molar-refractivity contribution >= 4 is 42.5 Å². The van der Waals surface area contributed by atoms with Gasteiger partial charge in [-0.25, -0.2) is 17.2 Å². The molecule has 4 heterocycles. The summed E-state index contributed by atoms with van der Waals surface area (Å²) in [6.07, 6.45) is -3.73. The third kappa shape index (κ3) is 4.53. The maximum Gasteiger partial charge on any atom is 0.417 e. The van der Waals surface area contributed by atoms with Gasteiger partial charge in [0.2, 0.25) is 0 Å². The van der Waals surface area contributed by atoms with Gasteiger partial charge in [0.25, 0.3) is 0 Å². The number of anilines is 1. The molecule has 0 saturated carbocycles. The standard InChI is InChI=1S/C22H24BrF5N4O3S/c1-31(13-3-6-36(33,34)10-13)19-14-7-15(22(26,27)28)16(23)17(25)18(14)29-20(30-19)35-11-21-4-2-5-32(21)9-12(24)8-21/h7,12-13H,2-6,8-11H2,1H3/t12-,13+,21+/m1/s1. The Balaban J connectivity index is 1.58. The fraction of sp³-hybridized carbons (Fsp3) is 0.636. The fourth-order valence-corrected chi connectivity index (χ4v) is 7.91. The summed E-state index contributed by atoms with van der Waals surface area (Å²) in [4.78, 5) is 11.9. The van der Waals surface area contributed by atoms with Gasteiger partial charge in [0.15, 0.2) is 15.7 Å². The van der Waals surface area contributed by atoms with Crippen LogP contribution < -0.4 is 9.64 Å². The number of rotatable bonds is 5. The number of nitrogens with zero attached hydrogens (tertiary/aromatic N) is 4. The Kier molecular flexibility index (Phi) is 6.38. The van der Waals surface area contributed by atoms with Gasteiger partial charge in [-0.3, -0.25) is 4.90 Å². The summed E-state index contributed by atoms with van der Waals surface area (Å²) in [7, 11) is -1.81. The molecular weight excluding hydrogens is 575 g/mol. The second kappa shape index (κ2) is 8.90. The van der Waals surface area contributed by atoms with Crippen LogP contribution in [0.1, 0.15) is 31.2 Å². The minimum Gasteiger partial charge on any atom is -0.461 e. The Morgan fingerprint density at radius 1 is 1.33 bits per heavy atom. The maximum atomic E-state index is 15.3. The number of sulfone groups is 1. The molecule has 14 heteroatoms. The number of halogens is 6. The van der Waals surface area contributed by atoms with Crippen molar-refractivity contribution in [2.45, 2.75) is 49.6 Å². The monoisotopic (exact) mass is 598 g/mol. The highest BCUT2D eigenvalue weighted by molar-refractivity contribution is 9.10. The second-order valence-electron chi connectivity index (χ2n) is 9.81. The van der Waals surface area contributed by atoms with E-state index in [4.69, 9.17) is 4.74 Å². The van der Waals surface area contributed by atoms with Crippen LogP contribution in [0, 0.1) is 5.82 Å². The predicted octanol–water partition coefficient (Wildman–Crippen LogP) is 4.13. The van der Waals surface area contributed by atoms with Crippen LogP contribution in [0.4, 0.5) is 27.8 Å². The summed E-state index contributed by atoms with van der Waals surface area (Å²) in [6.45, 7) is 1.07. The van der Waals surface area contributed by atoms with Crippen molar-refractivity contribution in [2.75, 3.05) is 43.1 Å². The molecule has 3 fully saturated rings. The van der Waals surface area contributed by atoms with Crippen LogP contribution in [0.25, 0.3) is 10.9 Å². The molecule has 36 heavy (non-hydrogen) atoms. The molecule has 3 aliphatic rings.